The van der Waals surface area contributed by atoms with E-state index in [0.717, 1.165) is 0 Å². The van der Waals surface area contributed by atoms with Crippen LogP contribution in [0.3, 0.4) is 0 Å². The number of H-pyrrole nitrogens is 1. The maximum absolute atomic E-state index is 12.9. The number of halogens is 2. The molecule has 0 spiro atoms. The minimum absolute atomic E-state index is 0.118. The maximum Gasteiger partial charge on any atom is 0.322 e. The number of hydrogen-bond acceptors (Lipinski definition) is 3. The summed E-state index contributed by atoms with van der Waals surface area (Å²) in [6.45, 7) is 0. The van der Waals surface area contributed by atoms with Gasteiger partial charge in [0, 0.05) is 22.0 Å². The lowest BCUT2D eigenvalue weighted by Gasteiger charge is -2.10. The van der Waals surface area contributed by atoms with Crippen LogP contribution in [0.4, 0.5) is 0 Å². The van der Waals surface area contributed by atoms with Crippen molar-refractivity contribution in [2.24, 2.45) is 0 Å². The second-order valence-corrected chi connectivity index (χ2v) is 6.34. The molecule has 3 rings (SSSR count). The average Bonchev–Trinajstić information content (AvgIpc) is 2.93. The predicted molar refractivity (Wildman–Crippen MR) is 96.2 cm³/mol. The molecule has 26 heavy (non-hydrogen) atoms. The fourth-order valence-electron chi connectivity index (χ4n) is 2.78. The van der Waals surface area contributed by atoms with E-state index in [1.54, 1.807) is 30.3 Å². The highest BCUT2D eigenvalue weighted by Gasteiger charge is 2.35. The molecule has 6 nitrogen and oxygen atoms in total. The summed E-state index contributed by atoms with van der Waals surface area (Å²) in [5.74, 6) is -5.65. The molecule has 0 radical (unpaired) electrons. The number of carboxylic acids is 2. The van der Waals surface area contributed by atoms with Gasteiger partial charge in [-0.1, -0.05) is 53.5 Å². The van der Waals surface area contributed by atoms with Gasteiger partial charge in [0.1, 0.15) is 0 Å². The van der Waals surface area contributed by atoms with E-state index in [1.807, 2.05) is 0 Å². The van der Waals surface area contributed by atoms with E-state index in [2.05, 4.69) is 4.98 Å². The Morgan fingerprint density at radius 1 is 0.923 bits per heavy atom. The molecule has 3 aromatic rings. The van der Waals surface area contributed by atoms with Gasteiger partial charge in [-0.25, -0.2) is 0 Å². The summed E-state index contributed by atoms with van der Waals surface area (Å²) in [7, 11) is 0. The fourth-order valence-corrected chi connectivity index (χ4v) is 3.10. The summed E-state index contributed by atoms with van der Waals surface area (Å²) in [5.41, 5.74) is 0.319. The van der Waals surface area contributed by atoms with Gasteiger partial charge in [-0.2, -0.15) is 0 Å². The highest BCUT2D eigenvalue weighted by molar-refractivity contribution is 6.43. The standard InChI is InChI=1S/C18H11Cl2NO5/c19-10-6-9-12(7-11(10)20)21-15(13(9)14(17(23)24)18(25)26)16(22)8-4-2-1-3-5-8/h1-7,14,21H,(H,23,24)(H,25,26). The Morgan fingerprint density at radius 2 is 1.50 bits per heavy atom. The normalized spacial score (nSPS) is 11.0. The predicted octanol–water partition coefficient (Wildman–Crippen LogP) is 3.96. The molecule has 0 unspecified atom stereocenters. The minimum atomic E-state index is -1.94. The number of aromatic amines is 1. The summed E-state index contributed by atoms with van der Waals surface area (Å²) in [6, 6.07) is 10.9. The number of carbonyl (C=O) groups is 3. The lowest BCUT2D eigenvalue weighted by molar-refractivity contribution is -0.149. The molecule has 2 aromatic carbocycles. The van der Waals surface area contributed by atoms with Gasteiger partial charge >= 0.3 is 11.9 Å². The number of aromatic nitrogens is 1. The zero-order valence-corrected chi connectivity index (χ0v) is 14.5. The van der Waals surface area contributed by atoms with Crippen LogP contribution in [0.1, 0.15) is 27.5 Å². The van der Waals surface area contributed by atoms with Crippen LogP contribution in [0.2, 0.25) is 10.0 Å². The Morgan fingerprint density at radius 3 is 2.08 bits per heavy atom. The van der Waals surface area contributed by atoms with Crippen molar-refractivity contribution < 1.29 is 24.6 Å². The van der Waals surface area contributed by atoms with Crippen LogP contribution in [-0.2, 0) is 9.59 Å². The molecule has 1 aromatic heterocycles. The number of benzene rings is 2. The monoisotopic (exact) mass is 391 g/mol. The number of aliphatic carboxylic acids is 2. The largest absolute Gasteiger partial charge is 0.480 e. The minimum Gasteiger partial charge on any atom is -0.480 e. The van der Waals surface area contributed by atoms with Gasteiger partial charge in [0.2, 0.25) is 5.78 Å². The molecule has 3 N–H and O–H groups in total. The van der Waals surface area contributed by atoms with E-state index >= 15 is 0 Å². The van der Waals surface area contributed by atoms with Crippen molar-refractivity contribution >= 4 is 51.8 Å². The lowest BCUT2D eigenvalue weighted by Crippen LogP contribution is -2.23. The van der Waals surface area contributed by atoms with Crippen molar-refractivity contribution in [3.63, 3.8) is 0 Å². The first-order valence-corrected chi connectivity index (χ1v) is 8.12. The van der Waals surface area contributed by atoms with Crippen molar-refractivity contribution in [3.8, 4) is 0 Å². The van der Waals surface area contributed by atoms with Crippen LogP contribution in [0, 0.1) is 0 Å². The van der Waals surface area contributed by atoms with E-state index in [9.17, 15) is 24.6 Å². The number of nitrogens with one attached hydrogen (secondary N) is 1. The third kappa shape index (κ3) is 3.05. The Kier molecular flexibility index (Phi) is 4.71. The van der Waals surface area contributed by atoms with E-state index in [4.69, 9.17) is 23.2 Å². The first-order chi connectivity index (χ1) is 12.3. The Labute approximate surface area is 157 Å². The van der Waals surface area contributed by atoms with Crippen LogP contribution in [0.15, 0.2) is 42.5 Å². The molecule has 0 bridgehead atoms. The van der Waals surface area contributed by atoms with Gasteiger partial charge in [-0.3, -0.25) is 14.4 Å². The lowest BCUT2D eigenvalue weighted by atomic mass is 9.93. The summed E-state index contributed by atoms with van der Waals surface area (Å²) in [5, 5.41) is 19.3. The topological polar surface area (TPSA) is 107 Å². The second-order valence-electron chi connectivity index (χ2n) is 5.53. The summed E-state index contributed by atoms with van der Waals surface area (Å²) in [4.78, 5) is 38.8. The molecule has 0 aliphatic heterocycles. The molecule has 0 saturated carbocycles. The number of carboxylic acid groups (broad SMARTS) is 2. The van der Waals surface area contributed by atoms with Crippen molar-refractivity contribution in [1.29, 1.82) is 0 Å². The highest BCUT2D eigenvalue weighted by atomic mass is 35.5. The molecule has 132 valence electrons. The summed E-state index contributed by atoms with van der Waals surface area (Å²) >= 11 is 12.0. The number of carbonyl (C=O) groups excluding carboxylic acids is 1. The summed E-state index contributed by atoms with van der Waals surface area (Å²) in [6.07, 6.45) is 0. The van der Waals surface area contributed by atoms with Crippen LogP contribution < -0.4 is 0 Å². The molecule has 0 amide bonds. The van der Waals surface area contributed by atoms with Gasteiger partial charge < -0.3 is 15.2 Å². The third-order valence-electron chi connectivity index (χ3n) is 3.93. The quantitative estimate of drug-likeness (QED) is 0.450. The van der Waals surface area contributed by atoms with E-state index in [-0.39, 0.29) is 32.3 Å². The second kappa shape index (κ2) is 6.82. The van der Waals surface area contributed by atoms with Gasteiger partial charge in [-0.15, -0.1) is 0 Å². The maximum atomic E-state index is 12.9. The van der Waals surface area contributed by atoms with Crippen molar-refractivity contribution in [2.45, 2.75) is 5.92 Å². The van der Waals surface area contributed by atoms with Crippen LogP contribution >= 0.6 is 23.2 Å². The number of hydrogen-bond donors (Lipinski definition) is 3. The average molecular weight is 392 g/mol. The molecule has 0 atom stereocenters. The molecule has 0 fully saturated rings. The zero-order chi connectivity index (χ0) is 19.0. The van der Waals surface area contributed by atoms with E-state index in [0.29, 0.717) is 5.52 Å². The first-order valence-electron chi connectivity index (χ1n) is 7.37. The number of fused-ring (bicyclic) bond motifs is 1. The van der Waals surface area contributed by atoms with E-state index in [1.165, 1.54) is 12.1 Å². The van der Waals surface area contributed by atoms with Gasteiger partial charge in [0.25, 0.3) is 0 Å². The Bertz CT molecular complexity index is 1030. The van der Waals surface area contributed by atoms with Gasteiger partial charge in [-0.05, 0) is 12.1 Å². The molecule has 0 aliphatic rings. The highest BCUT2D eigenvalue weighted by Crippen LogP contribution is 2.36. The van der Waals surface area contributed by atoms with Gasteiger partial charge in [0.15, 0.2) is 5.92 Å². The molecule has 0 aliphatic carbocycles. The smallest absolute Gasteiger partial charge is 0.322 e. The fraction of sp³-hybridized carbons (Fsp3) is 0.0556. The zero-order valence-electron chi connectivity index (χ0n) is 13.0. The van der Waals surface area contributed by atoms with Gasteiger partial charge in [0.05, 0.1) is 15.7 Å². The SMILES string of the molecule is O=C(c1ccccc1)c1[nH]c2cc(Cl)c(Cl)cc2c1C(C(=O)O)C(=O)O. The molecule has 8 heteroatoms. The molecular formula is C18H11Cl2NO5. The molecule has 1 heterocycles. The number of rotatable bonds is 5. The van der Waals surface area contributed by atoms with E-state index < -0.39 is 23.6 Å². The Balaban J connectivity index is 2.34. The van der Waals surface area contributed by atoms with Crippen LogP contribution in [0.5, 0.6) is 0 Å². The third-order valence-corrected chi connectivity index (χ3v) is 4.65. The number of ketones is 1. The van der Waals surface area contributed by atoms with Crippen molar-refractivity contribution in [3.05, 3.63) is 69.3 Å². The van der Waals surface area contributed by atoms with Crippen molar-refractivity contribution in [1.82, 2.24) is 4.98 Å². The van der Waals surface area contributed by atoms with Crippen LogP contribution in [0.25, 0.3) is 10.9 Å². The molecule has 0 saturated heterocycles. The summed E-state index contributed by atoms with van der Waals surface area (Å²) < 4.78 is 0. The van der Waals surface area contributed by atoms with Crippen molar-refractivity contribution in [2.75, 3.05) is 0 Å². The molecular weight excluding hydrogens is 381 g/mol. The Hall–Kier alpha value is -2.83. The first kappa shape index (κ1) is 18.0. The van der Waals surface area contributed by atoms with Crippen LogP contribution in [-0.4, -0.2) is 32.9 Å².